The van der Waals surface area contributed by atoms with Crippen molar-refractivity contribution in [1.29, 1.82) is 0 Å². The number of anilines is 1. The molecule has 1 aromatic carbocycles. The summed E-state index contributed by atoms with van der Waals surface area (Å²) in [7, 11) is 0. The molecule has 27 heavy (non-hydrogen) atoms. The summed E-state index contributed by atoms with van der Waals surface area (Å²) in [5.74, 6) is 0.0301. The van der Waals surface area contributed by atoms with Gasteiger partial charge in [0.25, 0.3) is 5.91 Å². The van der Waals surface area contributed by atoms with Crippen LogP contribution in [0, 0.1) is 0 Å². The van der Waals surface area contributed by atoms with Crippen LogP contribution in [0.4, 0.5) is 10.5 Å². The van der Waals surface area contributed by atoms with Gasteiger partial charge in [0.15, 0.2) is 0 Å². The predicted molar refractivity (Wildman–Crippen MR) is 108 cm³/mol. The van der Waals surface area contributed by atoms with Crippen molar-refractivity contribution in [3.63, 3.8) is 0 Å². The molecule has 1 atom stereocenters. The molecule has 1 aromatic heterocycles. The number of rotatable bonds is 3. The van der Waals surface area contributed by atoms with Gasteiger partial charge < -0.3 is 9.64 Å². The first-order valence-electron chi connectivity index (χ1n) is 9.26. The molecular weight excluding hydrogens is 360 g/mol. The summed E-state index contributed by atoms with van der Waals surface area (Å²) >= 11 is 1.78. The highest BCUT2D eigenvalue weighted by Gasteiger charge is 2.30. The van der Waals surface area contributed by atoms with E-state index in [0.717, 1.165) is 19.4 Å². The van der Waals surface area contributed by atoms with Gasteiger partial charge in [0.1, 0.15) is 5.60 Å². The van der Waals surface area contributed by atoms with Gasteiger partial charge in [-0.1, -0.05) is 6.92 Å². The highest BCUT2D eigenvalue weighted by atomic mass is 32.1. The number of thiophene rings is 1. The number of carbonyl (C=O) groups is 2. The molecule has 6 heteroatoms. The molecule has 0 saturated carbocycles. The first kappa shape index (κ1) is 19.4. The average Bonchev–Trinajstić information content (AvgIpc) is 3.08. The SMILES string of the molecule is CC[C@@H]1c2ccsc2CCN1C(=O)c1ccc(NC(=O)OC(C)(C)C)cc1. The lowest BCUT2D eigenvalue weighted by atomic mass is 9.97. The van der Waals surface area contributed by atoms with Crippen molar-refractivity contribution in [3.8, 4) is 0 Å². The summed E-state index contributed by atoms with van der Waals surface area (Å²) in [4.78, 5) is 28.3. The molecule has 2 amide bonds. The predicted octanol–water partition coefficient (Wildman–Crippen LogP) is 5.24. The quantitative estimate of drug-likeness (QED) is 0.784. The summed E-state index contributed by atoms with van der Waals surface area (Å²) < 4.78 is 5.24. The van der Waals surface area contributed by atoms with E-state index in [0.29, 0.717) is 11.3 Å². The standard InChI is InChI=1S/C21H26N2O3S/c1-5-17-16-11-13-27-18(16)10-12-23(17)19(24)14-6-8-15(9-7-14)22-20(25)26-21(2,3)4/h6-9,11,13,17H,5,10,12H2,1-4H3,(H,22,25)/t17-/m1/s1. The van der Waals surface area contributed by atoms with E-state index in [9.17, 15) is 9.59 Å². The van der Waals surface area contributed by atoms with Crippen LogP contribution in [-0.2, 0) is 11.2 Å². The van der Waals surface area contributed by atoms with E-state index in [1.807, 2.05) is 25.7 Å². The topological polar surface area (TPSA) is 58.6 Å². The maximum Gasteiger partial charge on any atom is 0.412 e. The van der Waals surface area contributed by atoms with Crippen molar-refractivity contribution in [2.75, 3.05) is 11.9 Å². The van der Waals surface area contributed by atoms with Gasteiger partial charge in [0.05, 0.1) is 6.04 Å². The first-order valence-corrected chi connectivity index (χ1v) is 10.1. The molecule has 0 bridgehead atoms. The lowest BCUT2D eigenvalue weighted by Crippen LogP contribution is -2.39. The second-order valence-electron chi connectivity index (χ2n) is 7.68. The van der Waals surface area contributed by atoms with Crippen LogP contribution in [0.3, 0.4) is 0 Å². The third-order valence-corrected chi connectivity index (χ3v) is 5.52. The van der Waals surface area contributed by atoms with E-state index in [-0.39, 0.29) is 11.9 Å². The molecule has 1 aliphatic rings. The zero-order chi connectivity index (χ0) is 19.6. The van der Waals surface area contributed by atoms with Crippen LogP contribution in [0.25, 0.3) is 0 Å². The Morgan fingerprint density at radius 3 is 2.56 bits per heavy atom. The molecule has 0 saturated heterocycles. The highest BCUT2D eigenvalue weighted by molar-refractivity contribution is 7.10. The van der Waals surface area contributed by atoms with E-state index in [1.54, 1.807) is 35.6 Å². The molecule has 5 nitrogen and oxygen atoms in total. The van der Waals surface area contributed by atoms with Crippen molar-refractivity contribution in [2.24, 2.45) is 0 Å². The molecular formula is C21H26N2O3S. The van der Waals surface area contributed by atoms with Gasteiger partial charge in [-0.25, -0.2) is 4.79 Å². The number of nitrogens with one attached hydrogen (secondary N) is 1. The molecule has 1 aliphatic heterocycles. The van der Waals surface area contributed by atoms with Crippen LogP contribution in [-0.4, -0.2) is 29.0 Å². The Hall–Kier alpha value is -2.34. The zero-order valence-electron chi connectivity index (χ0n) is 16.2. The Labute approximate surface area is 164 Å². The minimum absolute atomic E-state index is 0.0301. The van der Waals surface area contributed by atoms with Gasteiger partial charge >= 0.3 is 6.09 Å². The van der Waals surface area contributed by atoms with Crippen LogP contribution >= 0.6 is 11.3 Å². The van der Waals surface area contributed by atoms with Crippen molar-refractivity contribution in [1.82, 2.24) is 4.90 Å². The average molecular weight is 387 g/mol. The monoisotopic (exact) mass is 386 g/mol. The van der Waals surface area contributed by atoms with E-state index in [2.05, 4.69) is 23.7 Å². The Morgan fingerprint density at radius 1 is 1.22 bits per heavy atom. The summed E-state index contributed by atoms with van der Waals surface area (Å²) in [6.07, 6.45) is 1.30. The van der Waals surface area contributed by atoms with Crippen molar-refractivity contribution in [2.45, 2.75) is 52.2 Å². The summed E-state index contributed by atoms with van der Waals surface area (Å²) in [6.45, 7) is 8.30. The third kappa shape index (κ3) is 4.50. The first-order chi connectivity index (χ1) is 12.8. The summed E-state index contributed by atoms with van der Waals surface area (Å²) in [5, 5.41) is 4.80. The van der Waals surface area contributed by atoms with Crippen molar-refractivity contribution >= 4 is 29.0 Å². The van der Waals surface area contributed by atoms with Crippen LogP contribution < -0.4 is 5.32 Å². The van der Waals surface area contributed by atoms with Crippen LogP contribution in [0.2, 0.25) is 0 Å². The fourth-order valence-electron chi connectivity index (χ4n) is 3.36. The number of nitrogens with zero attached hydrogens (tertiary/aromatic N) is 1. The van der Waals surface area contributed by atoms with E-state index in [1.165, 1.54) is 10.4 Å². The number of benzene rings is 1. The minimum atomic E-state index is -0.552. The summed E-state index contributed by atoms with van der Waals surface area (Å²) in [6, 6.07) is 9.25. The fourth-order valence-corrected chi connectivity index (χ4v) is 4.29. The number of amides is 2. The Bertz CT molecular complexity index is 821. The molecule has 2 heterocycles. The second-order valence-corrected chi connectivity index (χ2v) is 8.68. The van der Waals surface area contributed by atoms with Crippen molar-refractivity contribution in [3.05, 3.63) is 51.7 Å². The third-order valence-electron chi connectivity index (χ3n) is 4.52. The van der Waals surface area contributed by atoms with E-state index in [4.69, 9.17) is 4.74 Å². The molecule has 3 rings (SSSR count). The lowest BCUT2D eigenvalue weighted by Gasteiger charge is -2.35. The summed E-state index contributed by atoms with van der Waals surface area (Å²) in [5.41, 5.74) is 1.96. The molecule has 2 aromatic rings. The maximum absolute atomic E-state index is 13.0. The second kappa shape index (κ2) is 7.72. The van der Waals surface area contributed by atoms with Gasteiger partial charge in [-0.3, -0.25) is 10.1 Å². The van der Waals surface area contributed by atoms with E-state index >= 15 is 0 Å². The Balaban J connectivity index is 1.70. The van der Waals surface area contributed by atoms with Crippen LogP contribution in [0.15, 0.2) is 35.7 Å². The maximum atomic E-state index is 13.0. The smallest absolute Gasteiger partial charge is 0.412 e. The minimum Gasteiger partial charge on any atom is -0.444 e. The van der Waals surface area contributed by atoms with Gasteiger partial charge in [-0.05, 0) is 74.9 Å². The molecule has 0 spiro atoms. The van der Waals surface area contributed by atoms with Crippen LogP contribution in [0.5, 0.6) is 0 Å². The Kier molecular flexibility index (Phi) is 5.56. The fraction of sp³-hybridized carbons (Fsp3) is 0.429. The number of hydrogen-bond donors (Lipinski definition) is 1. The molecule has 0 fully saturated rings. The zero-order valence-corrected chi connectivity index (χ0v) is 17.1. The highest BCUT2D eigenvalue weighted by Crippen LogP contribution is 2.36. The molecule has 0 radical (unpaired) electrons. The van der Waals surface area contributed by atoms with Gasteiger partial charge in [0.2, 0.25) is 0 Å². The van der Waals surface area contributed by atoms with Gasteiger partial charge in [0, 0.05) is 22.7 Å². The number of ether oxygens (including phenoxy) is 1. The van der Waals surface area contributed by atoms with E-state index < -0.39 is 11.7 Å². The normalized spacial score (nSPS) is 16.6. The Morgan fingerprint density at radius 2 is 1.93 bits per heavy atom. The van der Waals surface area contributed by atoms with Crippen LogP contribution in [0.1, 0.15) is 61.0 Å². The number of carbonyl (C=O) groups excluding carboxylic acids is 2. The largest absolute Gasteiger partial charge is 0.444 e. The van der Waals surface area contributed by atoms with Gasteiger partial charge in [-0.15, -0.1) is 11.3 Å². The number of hydrogen-bond acceptors (Lipinski definition) is 4. The molecule has 0 aliphatic carbocycles. The molecule has 0 unspecified atom stereocenters. The lowest BCUT2D eigenvalue weighted by molar-refractivity contribution is 0.0633. The van der Waals surface area contributed by atoms with Gasteiger partial charge in [-0.2, -0.15) is 0 Å². The molecule has 144 valence electrons. The van der Waals surface area contributed by atoms with Crippen molar-refractivity contribution < 1.29 is 14.3 Å². The number of fused-ring (bicyclic) bond motifs is 1. The molecule has 1 N–H and O–H groups in total.